The summed E-state index contributed by atoms with van der Waals surface area (Å²) in [5.74, 6) is 0.654. The summed E-state index contributed by atoms with van der Waals surface area (Å²) in [7, 11) is 0. The van der Waals surface area contributed by atoms with E-state index in [4.69, 9.17) is 0 Å². The zero-order valence-corrected chi connectivity index (χ0v) is 20.2. The molecule has 0 fully saturated rings. The van der Waals surface area contributed by atoms with Crippen LogP contribution in [0.25, 0.3) is 22.2 Å². The van der Waals surface area contributed by atoms with E-state index >= 15 is 0 Å². The molecule has 4 rings (SSSR count). The molecule has 0 saturated carbocycles. The summed E-state index contributed by atoms with van der Waals surface area (Å²) in [5, 5.41) is 1.42. The number of nitrogens with zero attached hydrogens (tertiary/aromatic N) is 1. The first-order valence-corrected chi connectivity index (χ1v) is 11.8. The quantitative estimate of drug-likeness (QED) is 0.401. The lowest BCUT2D eigenvalue weighted by Crippen LogP contribution is -2.67. The molecular formula is C29H38N+. The van der Waals surface area contributed by atoms with E-state index in [-0.39, 0.29) is 11.0 Å². The third-order valence-electron chi connectivity index (χ3n) is 8.27. The molecule has 0 N–H and O–H groups in total. The maximum Gasteiger partial charge on any atom is 0.213 e. The van der Waals surface area contributed by atoms with Gasteiger partial charge < -0.3 is 0 Å². The molecule has 1 aliphatic heterocycles. The predicted octanol–water partition coefficient (Wildman–Crippen LogP) is 7.42. The fourth-order valence-corrected chi connectivity index (χ4v) is 5.85. The smallest absolute Gasteiger partial charge is 0.185 e. The van der Waals surface area contributed by atoms with E-state index in [0.717, 1.165) is 19.3 Å². The van der Waals surface area contributed by atoms with Crippen LogP contribution in [0.5, 0.6) is 0 Å². The number of aryl methyl sites for hydroxylation is 2. The molecule has 3 aromatic rings. The van der Waals surface area contributed by atoms with Gasteiger partial charge in [0.25, 0.3) is 0 Å². The van der Waals surface area contributed by atoms with Gasteiger partial charge in [-0.15, -0.1) is 0 Å². The van der Waals surface area contributed by atoms with Crippen LogP contribution in [-0.2, 0) is 17.4 Å². The summed E-state index contributed by atoms with van der Waals surface area (Å²) >= 11 is 0. The number of aromatic nitrogens is 1. The Kier molecular flexibility index (Phi) is 5.08. The van der Waals surface area contributed by atoms with Crippen LogP contribution in [0.3, 0.4) is 0 Å². The van der Waals surface area contributed by atoms with Crippen LogP contribution in [0, 0.1) is 19.8 Å². The van der Waals surface area contributed by atoms with Gasteiger partial charge in [-0.05, 0) is 73.9 Å². The van der Waals surface area contributed by atoms with Gasteiger partial charge >= 0.3 is 0 Å². The first-order chi connectivity index (χ1) is 14.2. The summed E-state index contributed by atoms with van der Waals surface area (Å²) in [4.78, 5) is 0. The molecular weight excluding hydrogens is 362 g/mol. The number of hydrogen-bond donors (Lipinski definition) is 0. The number of benzene rings is 2. The van der Waals surface area contributed by atoms with Gasteiger partial charge in [-0.3, -0.25) is 0 Å². The first kappa shape index (κ1) is 21.1. The highest BCUT2D eigenvalue weighted by Gasteiger charge is 2.57. The largest absolute Gasteiger partial charge is 0.213 e. The highest BCUT2D eigenvalue weighted by atomic mass is 15.1. The number of rotatable bonds is 4. The lowest BCUT2D eigenvalue weighted by molar-refractivity contribution is -0.742. The fourth-order valence-electron chi connectivity index (χ4n) is 5.85. The Hall–Kier alpha value is -2.15. The average Bonchev–Trinajstić information content (AvgIpc) is 2.72. The molecule has 2 unspecified atom stereocenters. The molecule has 1 aromatic heterocycles. The molecule has 158 valence electrons. The molecule has 0 radical (unpaired) electrons. The SMILES string of the molecule is CCC1(C)c2cc(C)c(C)cc2-c2ccc3c(CC(C)C)cccc3[n+]2C1(C)CC. The molecule has 2 heterocycles. The molecule has 1 nitrogen and oxygen atoms in total. The minimum absolute atomic E-state index is 0.0156. The van der Waals surface area contributed by atoms with Crippen molar-refractivity contribution in [1.82, 2.24) is 0 Å². The zero-order chi connectivity index (χ0) is 21.8. The third-order valence-corrected chi connectivity index (χ3v) is 8.27. The van der Waals surface area contributed by atoms with Crippen molar-refractivity contribution in [2.75, 3.05) is 0 Å². The maximum atomic E-state index is 2.70. The Morgan fingerprint density at radius 2 is 1.60 bits per heavy atom. The Morgan fingerprint density at radius 3 is 2.23 bits per heavy atom. The summed E-state index contributed by atoms with van der Waals surface area (Å²) in [6, 6.07) is 16.6. The predicted molar refractivity (Wildman–Crippen MR) is 129 cm³/mol. The molecule has 0 spiro atoms. The van der Waals surface area contributed by atoms with Gasteiger partial charge in [-0.2, -0.15) is 4.57 Å². The van der Waals surface area contributed by atoms with Crippen molar-refractivity contribution in [2.24, 2.45) is 5.92 Å². The maximum absolute atomic E-state index is 2.70. The zero-order valence-electron chi connectivity index (χ0n) is 20.2. The third kappa shape index (κ3) is 2.77. The summed E-state index contributed by atoms with van der Waals surface area (Å²) in [5.41, 5.74) is 10.1. The van der Waals surface area contributed by atoms with Crippen molar-refractivity contribution in [1.29, 1.82) is 0 Å². The van der Waals surface area contributed by atoms with E-state index in [2.05, 4.69) is 102 Å². The van der Waals surface area contributed by atoms with Crippen LogP contribution < -0.4 is 4.57 Å². The van der Waals surface area contributed by atoms with Crippen molar-refractivity contribution < 1.29 is 4.57 Å². The molecule has 0 bridgehead atoms. The van der Waals surface area contributed by atoms with Crippen molar-refractivity contribution in [3.8, 4) is 11.3 Å². The number of fused-ring (bicyclic) bond motifs is 5. The molecule has 1 heteroatoms. The van der Waals surface area contributed by atoms with Gasteiger partial charge in [0.1, 0.15) is 0 Å². The van der Waals surface area contributed by atoms with Crippen LogP contribution in [0.1, 0.15) is 76.6 Å². The van der Waals surface area contributed by atoms with Gasteiger partial charge in [0, 0.05) is 30.9 Å². The number of hydrogen-bond acceptors (Lipinski definition) is 0. The van der Waals surface area contributed by atoms with Gasteiger partial charge in [-0.1, -0.05) is 45.9 Å². The van der Waals surface area contributed by atoms with Crippen LogP contribution >= 0.6 is 0 Å². The van der Waals surface area contributed by atoms with Gasteiger partial charge in [0.15, 0.2) is 5.54 Å². The van der Waals surface area contributed by atoms with E-state index in [1.165, 1.54) is 44.4 Å². The standard InChI is InChI=1S/C29H38N/c1-9-28(7)25-18-21(6)20(5)17-24(25)27-15-14-23-22(16-19(3)4)12-11-13-26(23)30(27)29(28,8)10-2/h11-15,17-19H,9-10,16H2,1-8H3/q+1. The second kappa shape index (κ2) is 7.22. The molecule has 0 saturated heterocycles. The first-order valence-electron chi connectivity index (χ1n) is 11.8. The highest BCUT2D eigenvalue weighted by Crippen LogP contribution is 2.50. The minimum Gasteiger partial charge on any atom is -0.185 e. The van der Waals surface area contributed by atoms with Crippen molar-refractivity contribution in [3.05, 3.63) is 64.7 Å². The molecule has 2 aromatic carbocycles. The Morgan fingerprint density at radius 1 is 0.900 bits per heavy atom. The topological polar surface area (TPSA) is 3.88 Å². The Balaban J connectivity index is 2.16. The van der Waals surface area contributed by atoms with Crippen molar-refractivity contribution in [2.45, 2.75) is 85.6 Å². The molecule has 1 aliphatic rings. The molecule has 30 heavy (non-hydrogen) atoms. The highest BCUT2D eigenvalue weighted by molar-refractivity contribution is 5.82. The summed E-state index contributed by atoms with van der Waals surface area (Å²) in [6.45, 7) is 18.9. The molecule has 0 amide bonds. The van der Waals surface area contributed by atoms with E-state index in [1.54, 1.807) is 0 Å². The average molecular weight is 401 g/mol. The number of pyridine rings is 1. The van der Waals surface area contributed by atoms with Gasteiger partial charge in [-0.25, -0.2) is 0 Å². The van der Waals surface area contributed by atoms with E-state index in [1.807, 2.05) is 0 Å². The lowest BCUT2D eigenvalue weighted by Gasteiger charge is -2.46. The van der Waals surface area contributed by atoms with Crippen molar-refractivity contribution >= 4 is 10.9 Å². The lowest BCUT2D eigenvalue weighted by atomic mass is 9.60. The normalized spacial score (nSPS) is 23.0. The van der Waals surface area contributed by atoms with Gasteiger partial charge in [0.05, 0.1) is 11.0 Å². The minimum atomic E-state index is 0.0156. The van der Waals surface area contributed by atoms with E-state index in [0.29, 0.717) is 5.92 Å². The van der Waals surface area contributed by atoms with Gasteiger partial charge in [0.2, 0.25) is 11.2 Å². The van der Waals surface area contributed by atoms with Crippen LogP contribution in [0.15, 0.2) is 42.5 Å². The van der Waals surface area contributed by atoms with Crippen molar-refractivity contribution in [3.63, 3.8) is 0 Å². The molecule has 2 atom stereocenters. The van der Waals surface area contributed by atoms with Crippen LogP contribution in [-0.4, -0.2) is 0 Å². The van der Waals surface area contributed by atoms with E-state index < -0.39 is 0 Å². The van der Waals surface area contributed by atoms with E-state index in [9.17, 15) is 0 Å². The van der Waals surface area contributed by atoms with Crippen LogP contribution in [0.4, 0.5) is 0 Å². The monoisotopic (exact) mass is 400 g/mol. The fraction of sp³-hybridized carbons (Fsp3) is 0.483. The summed E-state index contributed by atoms with van der Waals surface area (Å²) < 4.78 is 2.70. The molecule has 0 aliphatic carbocycles. The second-order valence-corrected chi connectivity index (χ2v) is 10.3. The van der Waals surface area contributed by atoms with Crippen LogP contribution in [0.2, 0.25) is 0 Å². The summed E-state index contributed by atoms with van der Waals surface area (Å²) in [6.07, 6.45) is 3.36. The second-order valence-electron chi connectivity index (χ2n) is 10.3. The Bertz CT molecular complexity index is 1120. The Labute approximate surface area is 183 Å².